The van der Waals surface area contributed by atoms with Gasteiger partial charge in [-0.15, -0.1) is 0 Å². The van der Waals surface area contributed by atoms with Crippen molar-refractivity contribution in [1.82, 2.24) is 25.7 Å². The topological polar surface area (TPSA) is 73.0 Å². The number of nitrogens with zero attached hydrogens (tertiary/aromatic N) is 2. The van der Waals surface area contributed by atoms with Crippen molar-refractivity contribution in [2.75, 3.05) is 19.6 Å². The summed E-state index contributed by atoms with van der Waals surface area (Å²) in [5, 5.41) is 13.6. The molecule has 1 aromatic carbocycles. The van der Waals surface area contributed by atoms with Gasteiger partial charge in [0.05, 0.1) is 0 Å². The number of hydrogen-bond acceptors (Lipinski definition) is 4. The minimum Gasteiger partial charge on any atom is -0.347 e. The summed E-state index contributed by atoms with van der Waals surface area (Å²) in [6, 6.07) is 8.43. The molecule has 0 aliphatic carbocycles. The van der Waals surface area contributed by atoms with Crippen LogP contribution < -0.4 is 10.6 Å². The molecule has 6 heteroatoms. The van der Waals surface area contributed by atoms with Crippen molar-refractivity contribution >= 4 is 5.91 Å². The van der Waals surface area contributed by atoms with Crippen LogP contribution in [0.5, 0.6) is 0 Å². The number of aromatic amines is 1. The van der Waals surface area contributed by atoms with Gasteiger partial charge in [0.1, 0.15) is 0 Å². The van der Waals surface area contributed by atoms with Gasteiger partial charge in [0.15, 0.2) is 5.69 Å². The van der Waals surface area contributed by atoms with Gasteiger partial charge in [-0.05, 0) is 43.0 Å². The van der Waals surface area contributed by atoms with E-state index in [9.17, 15) is 4.79 Å². The smallest absolute Gasteiger partial charge is 0.272 e. The third-order valence-electron chi connectivity index (χ3n) is 5.85. The molecule has 144 valence electrons. The van der Waals surface area contributed by atoms with Crippen molar-refractivity contribution in [1.29, 1.82) is 0 Å². The third kappa shape index (κ3) is 4.22. The lowest BCUT2D eigenvalue weighted by atomic mass is 9.98. The Morgan fingerprint density at radius 2 is 2.04 bits per heavy atom. The summed E-state index contributed by atoms with van der Waals surface area (Å²) in [7, 11) is 0. The Kier molecular flexibility index (Phi) is 5.55. The van der Waals surface area contributed by atoms with E-state index in [-0.39, 0.29) is 5.91 Å². The van der Waals surface area contributed by atoms with E-state index >= 15 is 0 Å². The number of aromatic nitrogens is 2. The zero-order valence-electron chi connectivity index (χ0n) is 16.1. The van der Waals surface area contributed by atoms with Crippen molar-refractivity contribution in [3.8, 4) is 0 Å². The molecule has 2 aromatic rings. The molecular formula is C21H29N5O. The molecule has 0 unspecified atom stereocenters. The summed E-state index contributed by atoms with van der Waals surface area (Å²) >= 11 is 0. The Labute approximate surface area is 160 Å². The average molecular weight is 367 g/mol. The Hall–Kier alpha value is -2.18. The van der Waals surface area contributed by atoms with Crippen molar-refractivity contribution in [2.24, 2.45) is 5.92 Å². The second-order valence-electron chi connectivity index (χ2n) is 7.87. The molecule has 3 N–H and O–H groups in total. The molecule has 0 atom stereocenters. The van der Waals surface area contributed by atoms with E-state index in [1.54, 1.807) is 0 Å². The van der Waals surface area contributed by atoms with Gasteiger partial charge < -0.3 is 10.6 Å². The molecule has 1 amide bonds. The third-order valence-corrected chi connectivity index (χ3v) is 5.85. The van der Waals surface area contributed by atoms with Crippen LogP contribution in [0.4, 0.5) is 0 Å². The number of carbonyl (C=O) groups excluding carboxylic acids is 1. The molecule has 3 heterocycles. The number of nitrogens with one attached hydrogen (secondary N) is 3. The summed E-state index contributed by atoms with van der Waals surface area (Å²) in [6.07, 6.45) is 3.45. The van der Waals surface area contributed by atoms with Crippen LogP contribution >= 0.6 is 0 Å². The number of fused-ring (bicyclic) bond motifs is 1. The Bertz CT molecular complexity index is 792. The molecule has 27 heavy (non-hydrogen) atoms. The second-order valence-corrected chi connectivity index (χ2v) is 7.87. The number of H-pyrrole nitrogens is 1. The molecule has 2 aliphatic rings. The van der Waals surface area contributed by atoms with E-state index in [0.29, 0.717) is 18.8 Å². The van der Waals surface area contributed by atoms with Crippen molar-refractivity contribution in [3.05, 3.63) is 52.3 Å². The van der Waals surface area contributed by atoms with Gasteiger partial charge in [-0.25, -0.2) is 0 Å². The van der Waals surface area contributed by atoms with Crippen LogP contribution in [0.3, 0.4) is 0 Å². The quantitative estimate of drug-likeness (QED) is 0.758. The lowest BCUT2D eigenvalue weighted by Crippen LogP contribution is -2.33. The SMILES string of the molecule is CC1CCN(Cc2ccccc2CNC(=O)c2n[nH]c3c2CNCC3)CC1. The number of amides is 1. The van der Waals surface area contributed by atoms with Gasteiger partial charge in [0.25, 0.3) is 5.91 Å². The Balaban J connectivity index is 1.40. The first-order valence-electron chi connectivity index (χ1n) is 10.0. The molecule has 1 saturated heterocycles. The fraction of sp³-hybridized carbons (Fsp3) is 0.524. The Morgan fingerprint density at radius 3 is 2.85 bits per heavy atom. The monoisotopic (exact) mass is 367 g/mol. The number of benzene rings is 1. The summed E-state index contributed by atoms with van der Waals surface area (Å²) < 4.78 is 0. The number of hydrogen-bond donors (Lipinski definition) is 3. The highest BCUT2D eigenvalue weighted by Gasteiger charge is 2.22. The first-order chi connectivity index (χ1) is 13.2. The molecule has 0 spiro atoms. The summed E-state index contributed by atoms with van der Waals surface area (Å²) in [5.74, 6) is 0.739. The standard InChI is InChI=1S/C21H29N5O/c1-15-7-10-26(11-8-15)14-17-5-3-2-4-16(17)12-23-21(27)20-18-13-22-9-6-19(18)24-25-20/h2-5,15,22H,6-14H2,1H3,(H,23,27)(H,24,25). The molecule has 0 bridgehead atoms. The predicted molar refractivity (Wildman–Crippen MR) is 105 cm³/mol. The molecule has 4 rings (SSSR count). The molecule has 2 aliphatic heterocycles. The van der Waals surface area contributed by atoms with Gasteiger partial charge in [0, 0.05) is 43.9 Å². The minimum atomic E-state index is -0.0993. The lowest BCUT2D eigenvalue weighted by molar-refractivity contribution is 0.0944. The highest BCUT2D eigenvalue weighted by Crippen LogP contribution is 2.20. The van der Waals surface area contributed by atoms with Crippen LogP contribution in [0.1, 0.15) is 52.6 Å². The minimum absolute atomic E-state index is 0.0993. The van der Waals surface area contributed by atoms with E-state index in [2.05, 4.69) is 50.9 Å². The predicted octanol–water partition coefficient (Wildman–Crippen LogP) is 2.22. The summed E-state index contributed by atoms with van der Waals surface area (Å²) in [4.78, 5) is 15.2. The van der Waals surface area contributed by atoms with Gasteiger partial charge >= 0.3 is 0 Å². The molecule has 0 saturated carbocycles. The molecule has 1 aromatic heterocycles. The van der Waals surface area contributed by atoms with Crippen LogP contribution in [0, 0.1) is 5.92 Å². The summed E-state index contributed by atoms with van der Waals surface area (Å²) in [5.41, 5.74) is 5.11. The van der Waals surface area contributed by atoms with E-state index < -0.39 is 0 Å². The highest BCUT2D eigenvalue weighted by molar-refractivity contribution is 5.94. The number of rotatable bonds is 5. The van der Waals surface area contributed by atoms with E-state index in [4.69, 9.17) is 0 Å². The fourth-order valence-electron chi connectivity index (χ4n) is 4.02. The van der Waals surface area contributed by atoms with Gasteiger partial charge in [-0.3, -0.25) is 14.8 Å². The highest BCUT2D eigenvalue weighted by atomic mass is 16.1. The average Bonchev–Trinajstić information content (AvgIpc) is 3.13. The number of carbonyl (C=O) groups is 1. The lowest BCUT2D eigenvalue weighted by Gasteiger charge is -2.30. The second kappa shape index (κ2) is 8.23. The van der Waals surface area contributed by atoms with Crippen LogP contribution in [0.25, 0.3) is 0 Å². The van der Waals surface area contributed by atoms with E-state index in [1.165, 1.54) is 24.0 Å². The van der Waals surface area contributed by atoms with Gasteiger partial charge in [-0.1, -0.05) is 31.2 Å². The van der Waals surface area contributed by atoms with Crippen LogP contribution in [0.2, 0.25) is 0 Å². The first-order valence-corrected chi connectivity index (χ1v) is 10.0. The van der Waals surface area contributed by atoms with E-state index in [0.717, 1.165) is 49.8 Å². The maximum Gasteiger partial charge on any atom is 0.272 e. The van der Waals surface area contributed by atoms with Crippen molar-refractivity contribution in [2.45, 2.75) is 45.8 Å². The summed E-state index contributed by atoms with van der Waals surface area (Å²) in [6.45, 7) is 7.79. The maximum absolute atomic E-state index is 12.7. The van der Waals surface area contributed by atoms with E-state index in [1.807, 2.05) is 6.07 Å². The maximum atomic E-state index is 12.7. The molecule has 6 nitrogen and oxygen atoms in total. The zero-order chi connectivity index (χ0) is 18.6. The molecular weight excluding hydrogens is 338 g/mol. The first kappa shape index (κ1) is 18.2. The van der Waals surface area contributed by atoms with Crippen LogP contribution in [-0.2, 0) is 26.1 Å². The van der Waals surface area contributed by atoms with Gasteiger partial charge in [-0.2, -0.15) is 5.10 Å². The van der Waals surface area contributed by atoms with Gasteiger partial charge in [0.2, 0.25) is 0 Å². The number of piperidine rings is 1. The fourth-order valence-corrected chi connectivity index (χ4v) is 4.02. The number of likely N-dealkylation sites (tertiary alicyclic amines) is 1. The molecule has 1 fully saturated rings. The van der Waals surface area contributed by atoms with Crippen molar-refractivity contribution < 1.29 is 4.79 Å². The Morgan fingerprint density at radius 1 is 1.26 bits per heavy atom. The van der Waals surface area contributed by atoms with Crippen molar-refractivity contribution in [3.63, 3.8) is 0 Å². The molecule has 0 radical (unpaired) electrons. The zero-order valence-corrected chi connectivity index (χ0v) is 16.1. The largest absolute Gasteiger partial charge is 0.347 e. The normalized spacial score (nSPS) is 18.3. The van der Waals surface area contributed by atoms with Crippen LogP contribution in [0.15, 0.2) is 24.3 Å². The van der Waals surface area contributed by atoms with Crippen LogP contribution in [-0.4, -0.2) is 40.6 Å².